The molecule has 0 aliphatic carbocycles. The first-order valence-corrected chi connectivity index (χ1v) is 11.1. The van der Waals surface area contributed by atoms with Crippen molar-refractivity contribution in [1.82, 2.24) is 0 Å². The van der Waals surface area contributed by atoms with Gasteiger partial charge in [0.1, 0.15) is 5.82 Å². The number of benzene rings is 3. The summed E-state index contributed by atoms with van der Waals surface area (Å²) in [6, 6.07) is 20.5. The molecule has 5 nitrogen and oxygen atoms in total. The molecule has 0 spiro atoms. The third-order valence-electron chi connectivity index (χ3n) is 3.95. The number of sulfonamides is 1. The Kier molecular flexibility index (Phi) is 6.56. The lowest BCUT2D eigenvalue weighted by Gasteiger charge is -2.13. The molecule has 1 amide bonds. The van der Waals surface area contributed by atoms with Crippen molar-refractivity contribution in [2.75, 3.05) is 10.0 Å². The zero-order valence-corrected chi connectivity index (χ0v) is 17.1. The topological polar surface area (TPSA) is 75.3 Å². The van der Waals surface area contributed by atoms with Crippen LogP contribution in [0.1, 0.15) is 6.92 Å². The molecule has 0 saturated heterocycles. The van der Waals surface area contributed by atoms with Gasteiger partial charge in [-0.25, -0.2) is 12.8 Å². The van der Waals surface area contributed by atoms with Crippen molar-refractivity contribution in [2.45, 2.75) is 22.0 Å². The van der Waals surface area contributed by atoms with E-state index in [9.17, 15) is 17.6 Å². The van der Waals surface area contributed by atoms with Gasteiger partial charge in [0.25, 0.3) is 10.0 Å². The zero-order valence-electron chi connectivity index (χ0n) is 15.5. The molecule has 0 aromatic heterocycles. The molecule has 0 unspecified atom stereocenters. The molecule has 0 bridgehead atoms. The fourth-order valence-electron chi connectivity index (χ4n) is 2.45. The van der Waals surface area contributed by atoms with Crippen LogP contribution < -0.4 is 10.0 Å². The quantitative estimate of drug-likeness (QED) is 0.531. The second kappa shape index (κ2) is 9.11. The molecule has 29 heavy (non-hydrogen) atoms. The van der Waals surface area contributed by atoms with Crippen molar-refractivity contribution in [3.05, 3.63) is 84.7 Å². The van der Waals surface area contributed by atoms with E-state index in [1.54, 1.807) is 6.92 Å². The van der Waals surface area contributed by atoms with Crippen LogP contribution in [0.4, 0.5) is 15.8 Å². The van der Waals surface area contributed by atoms with Crippen molar-refractivity contribution in [1.29, 1.82) is 0 Å². The molecule has 2 N–H and O–H groups in total. The van der Waals surface area contributed by atoms with Crippen LogP contribution in [0.25, 0.3) is 0 Å². The Balaban J connectivity index is 1.63. The molecule has 0 aliphatic heterocycles. The number of halogens is 1. The average molecular weight is 431 g/mol. The predicted octanol–water partition coefficient (Wildman–Crippen LogP) is 4.75. The van der Waals surface area contributed by atoms with Crippen LogP contribution in [-0.4, -0.2) is 19.6 Å². The smallest absolute Gasteiger partial charge is 0.261 e. The highest BCUT2D eigenvalue weighted by atomic mass is 32.2. The normalized spacial score (nSPS) is 12.2. The van der Waals surface area contributed by atoms with Gasteiger partial charge in [-0.15, -0.1) is 11.8 Å². The van der Waals surface area contributed by atoms with Gasteiger partial charge in [-0.1, -0.05) is 18.2 Å². The largest absolute Gasteiger partial charge is 0.325 e. The van der Waals surface area contributed by atoms with Gasteiger partial charge in [0.2, 0.25) is 5.91 Å². The fraction of sp³-hybridized carbons (Fsp3) is 0.0952. The Morgan fingerprint density at radius 1 is 0.897 bits per heavy atom. The van der Waals surface area contributed by atoms with Gasteiger partial charge in [0, 0.05) is 16.3 Å². The van der Waals surface area contributed by atoms with E-state index >= 15 is 0 Å². The molecular weight excluding hydrogens is 411 g/mol. The van der Waals surface area contributed by atoms with Gasteiger partial charge in [0.05, 0.1) is 10.1 Å². The Morgan fingerprint density at radius 3 is 2.10 bits per heavy atom. The highest BCUT2D eigenvalue weighted by molar-refractivity contribution is 8.00. The molecule has 3 aromatic rings. The van der Waals surface area contributed by atoms with Gasteiger partial charge >= 0.3 is 0 Å². The number of anilines is 2. The summed E-state index contributed by atoms with van der Waals surface area (Å²) in [5.41, 5.74) is 0.756. The minimum absolute atomic E-state index is 0.0338. The van der Waals surface area contributed by atoms with Gasteiger partial charge in [-0.05, 0) is 67.6 Å². The number of carbonyl (C=O) groups is 1. The van der Waals surface area contributed by atoms with Crippen LogP contribution in [0, 0.1) is 5.82 Å². The van der Waals surface area contributed by atoms with Crippen LogP contribution in [-0.2, 0) is 14.8 Å². The average Bonchev–Trinajstić information content (AvgIpc) is 2.71. The van der Waals surface area contributed by atoms with Crippen LogP contribution in [0.5, 0.6) is 0 Å². The summed E-state index contributed by atoms with van der Waals surface area (Å²) in [4.78, 5) is 13.4. The summed E-state index contributed by atoms with van der Waals surface area (Å²) < 4.78 is 40.2. The number of carbonyl (C=O) groups excluding carboxylic acids is 1. The molecule has 0 saturated carbocycles. The second-order valence-corrected chi connectivity index (χ2v) is 9.30. The van der Waals surface area contributed by atoms with Crippen molar-refractivity contribution in [3.8, 4) is 0 Å². The summed E-state index contributed by atoms with van der Waals surface area (Å²) in [7, 11) is -3.82. The Hall–Kier alpha value is -2.84. The summed E-state index contributed by atoms with van der Waals surface area (Å²) in [5.74, 6) is -0.633. The molecule has 0 radical (unpaired) electrons. The maximum atomic E-state index is 13.0. The standard InChI is InChI=1S/C21H19FN2O3S2/c1-15(28-19-5-3-2-4-6-19)21(25)23-17-11-13-20(14-12-17)29(26,27)24-18-9-7-16(22)8-10-18/h2-15,24H,1H3,(H,23,25)/t15-/m1/s1. The lowest BCUT2D eigenvalue weighted by atomic mass is 10.3. The van der Waals surface area contributed by atoms with Crippen LogP contribution in [0.15, 0.2) is 88.7 Å². The van der Waals surface area contributed by atoms with Crippen LogP contribution in [0.2, 0.25) is 0 Å². The first-order valence-electron chi connectivity index (χ1n) is 8.74. The molecular formula is C21H19FN2O3S2. The predicted molar refractivity (Wildman–Crippen MR) is 114 cm³/mol. The maximum Gasteiger partial charge on any atom is 0.261 e. The third-order valence-corrected chi connectivity index (χ3v) is 6.46. The highest BCUT2D eigenvalue weighted by Gasteiger charge is 2.17. The van der Waals surface area contributed by atoms with Gasteiger partial charge < -0.3 is 5.32 Å². The minimum atomic E-state index is -3.82. The zero-order chi connectivity index (χ0) is 20.9. The van der Waals surface area contributed by atoms with Gasteiger partial charge in [0.15, 0.2) is 0 Å². The lowest BCUT2D eigenvalue weighted by molar-refractivity contribution is -0.115. The molecule has 1 atom stereocenters. The van der Waals surface area contributed by atoms with Crippen LogP contribution >= 0.6 is 11.8 Å². The monoisotopic (exact) mass is 430 g/mol. The van der Waals surface area contributed by atoms with E-state index in [2.05, 4.69) is 10.0 Å². The second-order valence-electron chi connectivity index (χ2n) is 6.20. The summed E-state index contributed by atoms with van der Waals surface area (Å²) in [6.45, 7) is 1.80. The Bertz CT molecular complexity index is 1070. The number of hydrogen-bond donors (Lipinski definition) is 2. The van der Waals surface area contributed by atoms with E-state index in [-0.39, 0.29) is 21.7 Å². The van der Waals surface area contributed by atoms with Gasteiger partial charge in [-0.2, -0.15) is 0 Å². The molecule has 150 valence electrons. The van der Waals surface area contributed by atoms with E-state index in [1.165, 1.54) is 60.3 Å². The summed E-state index contributed by atoms with van der Waals surface area (Å²) in [5, 5.41) is 2.46. The number of rotatable bonds is 7. The van der Waals surface area contributed by atoms with E-state index in [4.69, 9.17) is 0 Å². The Morgan fingerprint density at radius 2 is 1.48 bits per heavy atom. The highest BCUT2D eigenvalue weighted by Crippen LogP contribution is 2.24. The first kappa shape index (κ1) is 20.9. The molecule has 3 aromatic carbocycles. The molecule has 0 aliphatic rings. The lowest BCUT2D eigenvalue weighted by Crippen LogP contribution is -2.22. The fourth-order valence-corrected chi connectivity index (χ4v) is 4.40. The maximum absolute atomic E-state index is 13.0. The number of hydrogen-bond acceptors (Lipinski definition) is 4. The summed E-state index contributed by atoms with van der Waals surface area (Å²) in [6.07, 6.45) is 0. The van der Waals surface area contributed by atoms with Crippen LogP contribution in [0.3, 0.4) is 0 Å². The number of amides is 1. The third kappa shape index (κ3) is 5.82. The van der Waals surface area contributed by atoms with Crippen molar-refractivity contribution in [3.63, 3.8) is 0 Å². The van der Waals surface area contributed by atoms with Crippen molar-refractivity contribution in [2.24, 2.45) is 0 Å². The number of nitrogens with one attached hydrogen (secondary N) is 2. The van der Waals surface area contributed by atoms with Crippen molar-refractivity contribution >= 4 is 39.1 Å². The van der Waals surface area contributed by atoms with E-state index in [0.29, 0.717) is 5.69 Å². The molecule has 3 rings (SSSR count). The minimum Gasteiger partial charge on any atom is -0.325 e. The van der Waals surface area contributed by atoms with E-state index < -0.39 is 15.8 Å². The van der Waals surface area contributed by atoms with Gasteiger partial charge in [-0.3, -0.25) is 9.52 Å². The SMILES string of the molecule is C[C@@H](Sc1ccccc1)C(=O)Nc1ccc(S(=O)(=O)Nc2ccc(F)cc2)cc1. The Labute approximate surface area is 173 Å². The molecule has 0 heterocycles. The molecule has 8 heteroatoms. The number of thioether (sulfide) groups is 1. The molecule has 0 fully saturated rings. The summed E-state index contributed by atoms with van der Waals surface area (Å²) >= 11 is 1.44. The van der Waals surface area contributed by atoms with E-state index in [0.717, 1.165) is 4.90 Å². The first-order chi connectivity index (χ1) is 13.8. The van der Waals surface area contributed by atoms with Crippen molar-refractivity contribution < 1.29 is 17.6 Å². The van der Waals surface area contributed by atoms with E-state index in [1.807, 2.05) is 30.3 Å².